The number of pyridine rings is 1. The normalized spacial score (nSPS) is 12.3. The van der Waals surface area contributed by atoms with E-state index in [9.17, 15) is 0 Å². The molecule has 0 radical (unpaired) electrons. The van der Waals surface area contributed by atoms with Crippen molar-refractivity contribution in [2.45, 2.75) is 39.7 Å². The monoisotopic (exact) mass is 283 g/mol. The molecular weight excluding hydrogens is 258 g/mol. The van der Waals surface area contributed by atoms with Gasteiger partial charge in [-0.25, -0.2) is 4.98 Å². The van der Waals surface area contributed by atoms with Gasteiger partial charge in [0.05, 0.1) is 0 Å². The number of nitrogens with two attached hydrogens (primary N) is 1. The Kier molecular flexibility index (Phi) is 5.34. The van der Waals surface area contributed by atoms with Gasteiger partial charge >= 0.3 is 0 Å². The summed E-state index contributed by atoms with van der Waals surface area (Å²) in [5, 5.41) is 3.56. The predicted octanol–water partition coefficient (Wildman–Crippen LogP) is 3.04. The van der Waals surface area contributed by atoms with E-state index in [2.05, 4.69) is 55.3 Å². The number of nitrogens with one attached hydrogen (secondary N) is 1. The highest BCUT2D eigenvalue weighted by atomic mass is 14.9. The molecule has 1 unspecified atom stereocenters. The Bertz CT molecular complexity index is 573. The smallest absolute Gasteiger partial charge is 0.126 e. The van der Waals surface area contributed by atoms with Gasteiger partial charge in [-0.2, -0.15) is 0 Å². The van der Waals surface area contributed by atoms with E-state index in [-0.39, 0.29) is 0 Å². The Morgan fingerprint density at radius 2 is 1.86 bits per heavy atom. The number of hydrogen-bond acceptors (Lipinski definition) is 3. The van der Waals surface area contributed by atoms with E-state index in [1.807, 2.05) is 6.07 Å². The summed E-state index contributed by atoms with van der Waals surface area (Å²) in [5.41, 5.74) is 11.1. The number of aryl methyl sites for hydroxylation is 2. The fourth-order valence-electron chi connectivity index (χ4n) is 2.87. The SMILES string of the molecule is CCNC(Cc1cc(C)cc(C)c1)Cc1cccnc1N. The van der Waals surface area contributed by atoms with Gasteiger partial charge in [-0.15, -0.1) is 0 Å². The molecule has 0 fully saturated rings. The summed E-state index contributed by atoms with van der Waals surface area (Å²) in [6, 6.07) is 11.1. The molecule has 0 amide bonds. The van der Waals surface area contributed by atoms with Crippen LogP contribution in [-0.2, 0) is 12.8 Å². The Balaban J connectivity index is 2.13. The number of nitrogen functional groups attached to an aromatic ring is 1. The second-order valence-corrected chi connectivity index (χ2v) is 5.71. The van der Waals surface area contributed by atoms with Crippen molar-refractivity contribution in [3.05, 3.63) is 58.8 Å². The molecule has 2 rings (SSSR count). The van der Waals surface area contributed by atoms with Crippen LogP contribution in [-0.4, -0.2) is 17.6 Å². The molecule has 21 heavy (non-hydrogen) atoms. The lowest BCUT2D eigenvalue weighted by molar-refractivity contribution is 0.521. The highest BCUT2D eigenvalue weighted by molar-refractivity contribution is 5.39. The summed E-state index contributed by atoms with van der Waals surface area (Å²) in [7, 11) is 0. The predicted molar refractivity (Wildman–Crippen MR) is 89.4 cm³/mol. The molecule has 0 aliphatic carbocycles. The van der Waals surface area contributed by atoms with Gasteiger partial charge in [0, 0.05) is 12.2 Å². The van der Waals surface area contributed by atoms with Crippen molar-refractivity contribution in [3.63, 3.8) is 0 Å². The molecule has 1 aromatic heterocycles. The zero-order valence-corrected chi connectivity index (χ0v) is 13.2. The minimum absolute atomic E-state index is 0.377. The zero-order chi connectivity index (χ0) is 15.2. The second-order valence-electron chi connectivity index (χ2n) is 5.71. The fourth-order valence-corrected chi connectivity index (χ4v) is 2.87. The Morgan fingerprint density at radius 1 is 1.14 bits per heavy atom. The average Bonchev–Trinajstić information content (AvgIpc) is 2.40. The molecule has 0 bridgehead atoms. The molecule has 0 aliphatic heterocycles. The molecule has 112 valence electrons. The Morgan fingerprint density at radius 3 is 2.48 bits per heavy atom. The topological polar surface area (TPSA) is 50.9 Å². The first-order chi connectivity index (χ1) is 10.1. The number of rotatable bonds is 6. The van der Waals surface area contributed by atoms with Crippen molar-refractivity contribution in [2.24, 2.45) is 0 Å². The van der Waals surface area contributed by atoms with Crippen LogP contribution in [0, 0.1) is 13.8 Å². The van der Waals surface area contributed by atoms with Gasteiger partial charge in [-0.3, -0.25) is 0 Å². The first kappa shape index (κ1) is 15.5. The molecule has 2 aromatic rings. The second kappa shape index (κ2) is 7.23. The molecule has 0 saturated carbocycles. The third-order valence-corrected chi connectivity index (χ3v) is 3.65. The number of hydrogen-bond donors (Lipinski definition) is 2. The zero-order valence-electron chi connectivity index (χ0n) is 13.2. The molecule has 3 N–H and O–H groups in total. The van der Waals surface area contributed by atoms with Crippen LogP contribution in [0.1, 0.15) is 29.2 Å². The average molecular weight is 283 g/mol. The molecular formula is C18H25N3. The lowest BCUT2D eigenvalue weighted by atomic mass is 9.97. The van der Waals surface area contributed by atoms with Crippen LogP contribution >= 0.6 is 0 Å². The number of aromatic nitrogens is 1. The first-order valence-corrected chi connectivity index (χ1v) is 7.58. The van der Waals surface area contributed by atoms with Crippen molar-refractivity contribution < 1.29 is 0 Å². The number of likely N-dealkylation sites (N-methyl/N-ethyl adjacent to an activating group) is 1. The van der Waals surface area contributed by atoms with Crippen molar-refractivity contribution in [1.82, 2.24) is 10.3 Å². The van der Waals surface area contributed by atoms with Crippen molar-refractivity contribution in [1.29, 1.82) is 0 Å². The number of anilines is 1. The molecule has 0 saturated heterocycles. The summed E-state index contributed by atoms with van der Waals surface area (Å²) in [6.07, 6.45) is 3.65. The lowest BCUT2D eigenvalue weighted by Gasteiger charge is -2.19. The van der Waals surface area contributed by atoms with Gasteiger partial charge in [0.25, 0.3) is 0 Å². The van der Waals surface area contributed by atoms with Gasteiger partial charge in [0.15, 0.2) is 0 Å². The molecule has 1 heterocycles. The van der Waals surface area contributed by atoms with Gasteiger partial charge in [-0.1, -0.05) is 42.3 Å². The van der Waals surface area contributed by atoms with Crippen molar-refractivity contribution in [3.8, 4) is 0 Å². The van der Waals surface area contributed by atoms with E-state index in [0.717, 1.165) is 24.9 Å². The van der Waals surface area contributed by atoms with E-state index in [1.165, 1.54) is 16.7 Å². The largest absolute Gasteiger partial charge is 0.383 e. The van der Waals surface area contributed by atoms with E-state index < -0.39 is 0 Å². The minimum atomic E-state index is 0.377. The molecule has 1 aromatic carbocycles. The Hall–Kier alpha value is -1.87. The summed E-state index contributed by atoms with van der Waals surface area (Å²) in [6.45, 7) is 7.40. The number of nitrogens with zero attached hydrogens (tertiary/aromatic N) is 1. The summed E-state index contributed by atoms with van der Waals surface area (Å²) < 4.78 is 0. The third-order valence-electron chi connectivity index (χ3n) is 3.65. The Labute approximate surface area is 127 Å². The van der Waals surface area contributed by atoms with Crippen LogP contribution in [0.5, 0.6) is 0 Å². The van der Waals surface area contributed by atoms with Crippen LogP contribution in [0.2, 0.25) is 0 Å². The summed E-state index contributed by atoms with van der Waals surface area (Å²) in [4.78, 5) is 4.18. The molecule has 3 nitrogen and oxygen atoms in total. The molecule has 0 spiro atoms. The van der Waals surface area contributed by atoms with Crippen LogP contribution in [0.3, 0.4) is 0 Å². The van der Waals surface area contributed by atoms with Gasteiger partial charge < -0.3 is 11.1 Å². The molecule has 3 heteroatoms. The first-order valence-electron chi connectivity index (χ1n) is 7.58. The quantitative estimate of drug-likeness (QED) is 0.856. The maximum Gasteiger partial charge on any atom is 0.126 e. The van der Waals surface area contributed by atoms with E-state index in [0.29, 0.717) is 11.9 Å². The maximum atomic E-state index is 5.97. The van der Waals surface area contributed by atoms with Crippen LogP contribution in [0.15, 0.2) is 36.5 Å². The van der Waals surface area contributed by atoms with Gasteiger partial charge in [0.2, 0.25) is 0 Å². The lowest BCUT2D eigenvalue weighted by Crippen LogP contribution is -2.33. The van der Waals surface area contributed by atoms with Crippen LogP contribution in [0.4, 0.5) is 5.82 Å². The minimum Gasteiger partial charge on any atom is -0.383 e. The molecule has 1 atom stereocenters. The molecule has 0 aliphatic rings. The van der Waals surface area contributed by atoms with E-state index in [1.54, 1.807) is 6.20 Å². The summed E-state index contributed by atoms with van der Waals surface area (Å²) in [5.74, 6) is 0.640. The van der Waals surface area contributed by atoms with Crippen molar-refractivity contribution >= 4 is 5.82 Å². The van der Waals surface area contributed by atoms with E-state index in [4.69, 9.17) is 5.73 Å². The fraction of sp³-hybridized carbons (Fsp3) is 0.389. The van der Waals surface area contributed by atoms with E-state index >= 15 is 0 Å². The van der Waals surface area contributed by atoms with Gasteiger partial charge in [-0.05, 0) is 50.4 Å². The van der Waals surface area contributed by atoms with Crippen LogP contribution in [0.25, 0.3) is 0 Å². The highest BCUT2D eigenvalue weighted by Crippen LogP contribution is 2.15. The third kappa shape index (κ3) is 4.57. The summed E-state index contributed by atoms with van der Waals surface area (Å²) >= 11 is 0. The van der Waals surface area contributed by atoms with Crippen molar-refractivity contribution in [2.75, 3.05) is 12.3 Å². The van der Waals surface area contributed by atoms with Crippen LogP contribution < -0.4 is 11.1 Å². The maximum absolute atomic E-state index is 5.97. The van der Waals surface area contributed by atoms with Gasteiger partial charge in [0.1, 0.15) is 5.82 Å². The highest BCUT2D eigenvalue weighted by Gasteiger charge is 2.12. The standard InChI is InChI=1S/C18H25N3/c1-4-20-17(12-16-6-5-7-21-18(16)19)11-15-9-13(2)8-14(3)10-15/h5-10,17,20H,4,11-12H2,1-3H3,(H2,19,21). The number of benzene rings is 1.